The van der Waals surface area contributed by atoms with Crippen LogP contribution in [0.2, 0.25) is 0 Å². The van der Waals surface area contributed by atoms with Crippen LogP contribution in [0.5, 0.6) is 0 Å². The van der Waals surface area contributed by atoms with Crippen molar-refractivity contribution >= 4 is 17.0 Å². The van der Waals surface area contributed by atoms with E-state index in [0.29, 0.717) is 28.8 Å². The van der Waals surface area contributed by atoms with Gasteiger partial charge in [-0.05, 0) is 19.9 Å². The summed E-state index contributed by atoms with van der Waals surface area (Å²) in [4.78, 5) is 16.3. The molecule has 0 bridgehead atoms. The zero-order valence-corrected chi connectivity index (χ0v) is 10.8. The number of aryl methyl sites for hydroxylation is 2. The van der Waals surface area contributed by atoms with Gasteiger partial charge in [-0.15, -0.1) is 0 Å². The summed E-state index contributed by atoms with van der Waals surface area (Å²) in [6.07, 6.45) is 1.56. The summed E-state index contributed by atoms with van der Waals surface area (Å²) >= 11 is 0. The van der Waals surface area contributed by atoms with E-state index < -0.39 is 18.4 Å². The SMILES string of the molecule is C=C(F)COC(=O)c1cc(C)nc2c1cnn2CC. The van der Waals surface area contributed by atoms with Crippen LogP contribution in [0.25, 0.3) is 11.0 Å². The number of pyridine rings is 1. The molecular formula is C13H14FN3O2. The highest BCUT2D eigenvalue weighted by Crippen LogP contribution is 2.19. The summed E-state index contributed by atoms with van der Waals surface area (Å²) in [7, 11) is 0. The average molecular weight is 263 g/mol. The van der Waals surface area contributed by atoms with E-state index in [1.807, 2.05) is 6.92 Å². The number of rotatable bonds is 4. The molecule has 0 aromatic carbocycles. The number of nitrogens with zero attached hydrogens (tertiary/aromatic N) is 3. The van der Waals surface area contributed by atoms with Gasteiger partial charge in [0.25, 0.3) is 0 Å². The van der Waals surface area contributed by atoms with Crippen molar-refractivity contribution in [1.82, 2.24) is 14.8 Å². The third-order valence-corrected chi connectivity index (χ3v) is 2.62. The third kappa shape index (κ3) is 2.62. The van der Waals surface area contributed by atoms with Crippen molar-refractivity contribution in [1.29, 1.82) is 0 Å². The van der Waals surface area contributed by atoms with Crippen LogP contribution in [0.4, 0.5) is 4.39 Å². The second kappa shape index (κ2) is 5.17. The van der Waals surface area contributed by atoms with Gasteiger partial charge < -0.3 is 4.74 Å². The van der Waals surface area contributed by atoms with Crippen LogP contribution in [0.3, 0.4) is 0 Å². The minimum Gasteiger partial charge on any atom is -0.455 e. The van der Waals surface area contributed by atoms with Crippen LogP contribution in [-0.4, -0.2) is 27.3 Å². The van der Waals surface area contributed by atoms with Crippen LogP contribution in [0.1, 0.15) is 23.0 Å². The molecule has 0 N–H and O–H groups in total. The Morgan fingerprint density at radius 2 is 2.32 bits per heavy atom. The molecule has 0 fully saturated rings. The fourth-order valence-corrected chi connectivity index (χ4v) is 1.79. The molecule has 2 rings (SSSR count). The van der Waals surface area contributed by atoms with Crippen molar-refractivity contribution in [3.8, 4) is 0 Å². The Morgan fingerprint density at radius 3 is 2.95 bits per heavy atom. The van der Waals surface area contributed by atoms with E-state index in [0.717, 1.165) is 0 Å². The van der Waals surface area contributed by atoms with Gasteiger partial charge in [0.15, 0.2) is 5.65 Å². The molecule has 6 heteroatoms. The largest absolute Gasteiger partial charge is 0.455 e. The molecule has 2 heterocycles. The van der Waals surface area contributed by atoms with Crippen LogP contribution >= 0.6 is 0 Å². The Kier molecular flexibility index (Phi) is 3.59. The molecule has 5 nitrogen and oxygen atoms in total. The number of fused-ring (bicyclic) bond motifs is 1. The van der Waals surface area contributed by atoms with E-state index in [1.165, 1.54) is 0 Å². The van der Waals surface area contributed by atoms with E-state index in [4.69, 9.17) is 4.74 Å². The summed E-state index contributed by atoms with van der Waals surface area (Å²) in [5.74, 6) is -1.30. The summed E-state index contributed by atoms with van der Waals surface area (Å²) in [6.45, 7) is 6.96. The number of carbonyl (C=O) groups is 1. The van der Waals surface area contributed by atoms with Crippen molar-refractivity contribution in [3.63, 3.8) is 0 Å². The highest BCUT2D eigenvalue weighted by Gasteiger charge is 2.16. The van der Waals surface area contributed by atoms with E-state index >= 15 is 0 Å². The molecule has 19 heavy (non-hydrogen) atoms. The third-order valence-electron chi connectivity index (χ3n) is 2.62. The number of carbonyl (C=O) groups excluding carboxylic acids is 1. The van der Waals surface area contributed by atoms with E-state index in [9.17, 15) is 9.18 Å². The van der Waals surface area contributed by atoms with Crippen molar-refractivity contribution in [2.45, 2.75) is 20.4 Å². The number of hydrogen-bond donors (Lipinski definition) is 0. The van der Waals surface area contributed by atoms with Crippen LogP contribution < -0.4 is 0 Å². The molecule has 0 aliphatic rings. The molecule has 0 saturated heterocycles. The van der Waals surface area contributed by atoms with Gasteiger partial charge in [0.05, 0.1) is 17.1 Å². The standard InChI is InChI=1S/C13H14FN3O2/c1-4-17-12-11(6-15-17)10(5-9(3)16-12)13(18)19-7-8(2)14/h5-6H,2,4,7H2,1,3H3. The van der Waals surface area contributed by atoms with Gasteiger partial charge in [-0.2, -0.15) is 5.10 Å². The molecule has 0 saturated carbocycles. The summed E-state index contributed by atoms with van der Waals surface area (Å²) in [6, 6.07) is 1.60. The maximum absolute atomic E-state index is 12.5. The Labute approximate surface area is 109 Å². The lowest BCUT2D eigenvalue weighted by Crippen LogP contribution is -2.08. The average Bonchev–Trinajstić information content (AvgIpc) is 2.77. The Hall–Kier alpha value is -2.24. The van der Waals surface area contributed by atoms with Crippen LogP contribution in [0, 0.1) is 6.92 Å². The quantitative estimate of drug-likeness (QED) is 0.795. The smallest absolute Gasteiger partial charge is 0.339 e. The molecule has 2 aromatic heterocycles. The van der Waals surface area contributed by atoms with Crippen molar-refractivity contribution in [3.05, 3.63) is 35.9 Å². The lowest BCUT2D eigenvalue weighted by Gasteiger charge is -2.06. The molecule has 0 unspecified atom stereocenters. The fourth-order valence-electron chi connectivity index (χ4n) is 1.79. The first-order chi connectivity index (χ1) is 9.02. The molecule has 0 aliphatic heterocycles. The first-order valence-corrected chi connectivity index (χ1v) is 5.86. The van der Waals surface area contributed by atoms with Crippen LogP contribution in [0.15, 0.2) is 24.7 Å². The van der Waals surface area contributed by atoms with Gasteiger partial charge in [-0.1, -0.05) is 6.58 Å². The molecular weight excluding hydrogens is 249 g/mol. The molecule has 0 aliphatic carbocycles. The fraction of sp³-hybridized carbons (Fsp3) is 0.308. The van der Waals surface area contributed by atoms with Crippen molar-refractivity contribution in [2.24, 2.45) is 0 Å². The van der Waals surface area contributed by atoms with Gasteiger partial charge >= 0.3 is 5.97 Å². The normalized spacial score (nSPS) is 10.7. The van der Waals surface area contributed by atoms with Crippen LogP contribution in [-0.2, 0) is 11.3 Å². The molecule has 0 amide bonds. The first kappa shape index (κ1) is 13.2. The van der Waals surface area contributed by atoms with Crippen molar-refractivity contribution < 1.29 is 13.9 Å². The summed E-state index contributed by atoms with van der Waals surface area (Å²) < 4.78 is 19.0. The van der Waals surface area contributed by atoms with E-state index in [2.05, 4.69) is 16.7 Å². The highest BCUT2D eigenvalue weighted by atomic mass is 19.1. The number of esters is 1. The van der Waals surface area contributed by atoms with Gasteiger partial charge in [-0.25, -0.2) is 18.9 Å². The zero-order chi connectivity index (χ0) is 14.0. The number of ether oxygens (including phenoxy) is 1. The minimum absolute atomic E-state index is 0.337. The van der Waals surface area contributed by atoms with Gasteiger partial charge in [0, 0.05) is 12.2 Å². The predicted molar refractivity (Wildman–Crippen MR) is 68.5 cm³/mol. The minimum atomic E-state index is -0.695. The molecule has 0 radical (unpaired) electrons. The van der Waals surface area contributed by atoms with Gasteiger partial charge in [0.1, 0.15) is 12.4 Å². The first-order valence-electron chi connectivity index (χ1n) is 5.86. The lowest BCUT2D eigenvalue weighted by atomic mass is 10.1. The zero-order valence-electron chi connectivity index (χ0n) is 10.8. The van der Waals surface area contributed by atoms with Gasteiger partial charge in [-0.3, -0.25) is 0 Å². The topological polar surface area (TPSA) is 57.0 Å². The maximum atomic E-state index is 12.5. The monoisotopic (exact) mass is 263 g/mol. The summed E-state index contributed by atoms with van der Waals surface area (Å²) in [5.41, 5.74) is 1.63. The second-order valence-electron chi connectivity index (χ2n) is 4.10. The Balaban J connectivity index is 2.45. The van der Waals surface area contributed by atoms with Crippen molar-refractivity contribution in [2.75, 3.05) is 6.61 Å². The molecule has 0 spiro atoms. The predicted octanol–water partition coefficient (Wildman–Crippen LogP) is 2.40. The number of hydrogen-bond acceptors (Lipinski definition) is 4. The molecule has 100 valence electrons. The number of aromatic nitrogens is 3. The highest BCUT2D eigenvalue weighted by molar-refractivity contribution is 6.02. The molecule has 0 atom stereocenters. The lowest BCUT2D eigenvalue weighted by molar-refractivity contribution is 0.0523. The Bertz CT molecular complexity index is 649. The maximum Gasteiger partial charge on any atom is 0.339 e. The van der Waals surface area contributed by atoms with E-state index in [1.54, 1.807) is 23.9 Å². The number of halogens is 1. The van der Waals surface area contributed by atoms with E-state index in [-0.39, 0.29) is 0 Å². The Morgan fingerprint density at radius 1 is 1.58 bits per heavy atom. The molecule has 2 aromatic rings. The van der Waals surface area contributed by atoms with Gasteiger partial charge in [0.2, 0.25) is 0 Å². The summed E-state index contributed by atoms with van der Waals surface area (Å²) in [5, 5.41) is 4.75. The second-order valence-corrected chi connectivity index (χ2v) is 4.10.